The number of fused-ring (bicyclic) bond motifs is 3. The predicted molar refractivity (Wildman–Crippen MR) is 119 cm³/mol. The largest absolute Gasteiger partial charge is 0.337 e. The Hall–Kier alpha value is -2.99. The highest BCUT2D eigenvalue weighted by Gasteiger charge is 2.25. The van der Waals surface area contributed by atoms with Crippen LogP contribution in [0.15, 0.2) is 52.1 Å². The van der Waals surface area contributed by atoms with Crippen molar-refractivity contribution in [2.45, 2.75) is 39.7 Å². The Morgan fingerprint density at radius 1 is 1.00 bits per heavy atom. The summed E-state index contributed by atoms with van der Waals surface area (Å²) in [6.07, 6.45) is 2.85. The number of aryl methyl sites for hydroxylation is 4. The molecule has 0 aliphatic heterocycles. The first kappa shape index (κ1) is 19.0. The van der Waals surface area contributed by atoms with E-state index in [0.717, 1.165) is 46.3 Å². The quantitative estimate of drug-likeness (QED) is 0.490. The molecular formula is C24H21FN2O2S. The molecule has 0 bridgehead atoms. The molecule has 2 heterocycles. The van der Waals surface area contributed by atoms with Gasteiger partial charge >= 0.3 is 5.69 Å². The lowest BCUT2D eigenvalue weighted by atomic mass is 10.1. The van der Waals surface area contributed by atoms with Crippen LogP contribution in [0.4, 0.5) is 4.39 Å². The van der Waals surface area contributed by atoms with Gasteiger partial charge < -0.3 is 0 Å². The fourth-order valence-corrected chi connectivity index (χ4v) is 5.58. The number of hydrogen-bond donors (Lipinski definition) is 0. The minimum absolute atomic E-state index is 0.243. The maximum absolute atomic E-state index is 13.6. The minimum atomic E-state index is -0.361. The number of hydrogen-bond acceptors (Lipinski definition) is 3. The van der Waals surface area contributed by atoms with Gasteiger partial charge in [-0.3, -0.25) is 9.36 Å². The summed E-state index contributed by atoms with van der Waals surface area (Å²) in [5.74, 6) is -0.313. The van der Waals surface area contributed by atoms with E-state index < -0.39 is 0 Å². The Labute approximate surface area is 176 Å². The number of benzene rings is 2. The summed E-state index contributed by atoms with van der Waals surface area (Å²) >= 11 is 1.55. The molecule has 5 rings (SSSR count). The maximum atomic E-state index is 13.6. The Morgan fingerprint density at radius 2 is 1.77 bits per heavy atom. The van der Waals surface area contributed by atoms with Crippen molar-refractivity contribution in [3.8, 4) is 5.69 Å². The number of rotatable bonds is 3. The molecule has 1 aliphatic rings. The van der Waals surface area contributed by atoms with Crippen molar-refractivity contribution in [1.29, 1.82) is 0 Å². The molecule has 0 atom stereocenters. The number of aromatic nitrogens is 2. The molecule has 4 nitrogen and oxygen atoms in total. The molecule has 2 aromatic carbocycles. The molecule has 0 saturated carbocycles. The van der Waals surface area contributed by atoms with Crippen LogP contribution in [0.1, 0.15) is 33.6 Å². The van der Waals surface area contributed by atoms with E-state index >= 15 is 0 Å². The van der Waals surface area contributed by atoms with Crippen LogP contribution in [-0.2, 0) is 19.4 Å². The molecule has 152 valence electrons. The fraction of sp³-hybridized carbons (Fsp3) is 0.250. The average Bonchev–Trinajstić information content (AvgIpc) is 3.30. The highest BCUT2D eigenvalue weighted by atomic mass is 32.1. The SMILES string of the molecule is Cc1ccc(-n2c(=O)c3c4c(sc3n(Cc3ccc(F)cc3)c2=O)CCC4)cc1C. The second-order valence-corrected chi connectivity index (χ2v) is 9.03. The van der Waals surface area contributed by atoms with Gasteiger partial charge in [-0.1, -0.05) is 18.2 Å². The van der Waals surface area contributed by atoms with Gasteiger partial charge in [-0.25, -0.2) is 13.8 Å². The van der Waals surface area contributed by atoms with Crippen LogP contribution in [0.5, 0.6) is 0 Å². The van der Waals surface area contributed by atoms with Crippen molar-refractivity contribution >= 4 is 21.6 Å². The summed E-state index contributed by atoms with van der Waals surface area (Å²) in [5.41, 5.74) is 4.02. The van der Waals surface area contributed by atoms with E-state index in [1.54, 1.807) is 28.0 Å². The molecule has 0 radical (unpaired) electrons. The van der Waals surface area contributed by atoms with Crippen LogP contribution >= 0.6 is 11.3 Å². The monoisotopic (exact) mass is 420 g/mol. The Kier molecular flexibility index (Phi) is 4.47. The van der Waals surface area contributed by atoms with Crippen molar-refractivity contribution < 1.29 is 4.39 Å². The summed E-state index contributed by atoms with van der Waals surface area (Å²) in [5, 5.41) is 0.660. The first-order valence-electron chi connectivity index (χ1n) is 10.1. The smallest absolute Gasteiger partial charge is 0.280 e. The molecule has 0 spiro atoms. The van der Waals surface area contributed by atoms with Crippen LogP contribution in [0.2, 0.25) is 0 Å². The Balaban J connectivity index is 1.82. The number of halogens is 1. The summed E-state index contributed by atoms with van der Waals surface area (Å²) in [6.45, 7) is 4.27. The van der Waals surface area contributed by atoms with Gasteiger partial charge in [0.2, 0.25) is 0 Å². The van der Waals surface area contributed by atoms with Crippen molar-refractivity contribution in [1.82, 2.24) is 9.13 Å². The fourth-order valence-electron chi connectivity index (χ4n) is 4.21. The molecule has 0 amide bonds. The topological polar surface area (TPSA) is 44.0 Å². The van der Waals surface area contributed by atoms with E-state index in [2.05, 4.69) is 0 Å². The van der Waals surface area contributed by atoms with Crippen LogP contribution < -0.4 is 11.2 Å². The van der Waals surface area contributed by atoms with E-state index in [-0.39, 0.29) is 17.1 Å². The molecule has 0 fully saturated rings. The van der Waals surface area contributed by atoms with Gasteiger partial charge in [0.25, 0.3) is 5.56 Å². The maximum Gasteiger partial charge on any atom is 0.337 e. The van der Waals surface area contributed by atoms with E-state index in [1.807, 2.05) is 32.0 Å². The van der Waals surface area contributed by atoms with Crippen LogP contribution in [0.3, 0.4) is 0 Å². The molecule has 30 heavy (non-hydrogen) atoms. The average molecular weight is 421 g/mol. The first-order valence-corrected chi connectivity index (χ1v) is 10.9. The van der Waals surface area contributed by atoms with Gasteiger partial charge in [-0.2, -0.15) is 0 Å². The first-order chi connectivity index (χ1) is 14.4. The van der Waals surface area contributed by atoms with Gasteiger partial charge in [-0.15, -0.1) is 11.3 Å². The molecular weight excluding hydrogens is 399 g/mol. The van der Waals surface area contributed by atoms with E-state index in [4.69, 9.17) is 0 Å². The molecule has 0 saturated heterocycles. The lowest BCUT2D eigenvalue weighted by Gasteiger charge is -2.14. The molecule has 1 aliphatic carbocycles. The van der Waals surface area contributed by atoms with Crippen LogP contribution in [-0.4, -0.2) is 9.13 Å². The highest BCUT2D eigenvalue weighted by molar-refractivity contribution is 7.18. The van der Waals surface area contributed by atoms with Gasteiger partial charge in [0.15, 0.2) is 0 Å². The summed E-state index contributed by atoms with van der Waals surface area (Å²) in [6, 6.07) is 11.8. The second-order valence-electron chi connectivity index (χ2n) is 7.94. The van der Waals surface area contributed by atoms with Crippen molar-refractivity contribution in [3.05, 3.63) is 96.3 Å². The lowest BCUT2D eigenvalue weighted by molar-refractivity contribution is 0.626. The molecule has 4 aromatic rings. The van der Waals surface area contributed by atoms with Gasteiger partial charge in [0.05, 0.1) is 17.6 Å². The summed E-state index contributed by atoms with van der Waals surface area (Å²) in [7, 11) is 0. The number of nitrogens with zero attached hydrogens (tertiary/aromatic N) is 2. The zero-order chi connectivity index (χ0) is 21.0. The van der Waals surface area contributed by atoms with Crippen molar-refractivity contribution in [2.75, 3.05) is 0 Å². The highest BCUT2D eigenvalue weighted by Crippen LogP contribution is 2.35. The lowest BCUT2D eigenvalue weighted by Crippen LogP contribution is -2.39. The molecule has 2 aromatic heterocycles. The minimum Gasteiger partial charge on any atom is -0.280 e. The van der Waals surface area contributed by atoms with Gasteiger partial charge in [0.1, 0.15) is 10.6 Å². The molecule has 6 heteroatoms. The van der Waals surface area contributed by atoms with Crippen LogP contribution in [0.25, 0.3) is 15.9 Å². The van der Waals surface area contributed by atoms with E-state index in [0.29, 0.717) is 17.6 Å². The number of thiophene rings is 1. The molecule has 0 N–H and O–H groups in total. The zero-order valence-electron chi connectivity index (χ0n) is 16.9. The zero-order valence-corrected chi connectivity index (χ0v) is 17.7. The normalized spacial score (nSPS) is 13.2. The Bertz CT molecular complexity index is 1410. The van der Waals surface area contributed by atoms with E-state index in [1.165, 1.54) is 21.6 Å². The third kappa shape index (κ3) is 2.94. The molecule has 0 unspecified atom stereocenters. The van der Waals surface area contributed by atoms with Gasteiger partial charge in [0, 0.05) is 4.88 Å². The summed E-state index contributed by atoms with van der Waals surface area (Å²) in [4.78, 5) is 29.0. The second kappa shape index (κ2) is 7.06. The van der Waals surface area contributed by atoms with Crippen LogP contribution in [0, 0.1) is 19.7 Å². The third-order valence-electron chi connectivity index (χ3n) is 5.99. The van der Waals surface area contributed by atoms with Crippen molar-refractivity contribution in [3.63, 3.8) is 0 Å². The predicted octanol–water partition coefficient (Wildman–Crippen LogP) is 4.51. The van der Waals surface area contributed by atoms with E-state index in [9.17, 15) is 14.0 Å². The summed E-state index contributed by atoms with van der Waals surface area (Å²) < 4.78 is 16.3. The Morgan fingerprint density at radius 3 is 2.50 bits per heavy atom. The standard InChI is InChI=1S/C24H21FN2O2S/c1-14-6-11-18(12-15(14)2)27-22(28)21-19-4-3-5-20(19)30-23(21)26(24(27)29)13-16-7-9-17(25)10-8-16/h6-12H,3-5,13H2,1-2H3. The third-order valence-corrected chi connectivity index (χ3v) is 7.30. The van der Waals surface area contributed by atoms with Gasteiger partial charge in [-0.05, 0) is 79.6 Å². The van der Waals surface area contributed by atoms with Crippen molar-refractivity contribution in [2.24, 2.45) is 0 Å².